The number of carbonyl (C=O) groups excluding carboxylic acids is 2. The molecule has 2 atom stereocenters. The highest BCUT2D eigenvalue weighted by Gasteiger charge is 2.40. The minimum absolute atomic E-state index is 0.0583. The van der Waals surface area contributed by atoms with Crippen molar-refractivity contribution in [3.05, 3.63) is 52.5 Å². The molecule has 35 heavy (non-hydrogen) atoms. The molecule has 2 aliphatic heterocycles. The van der Waals surface area contributed by atoms with Gasteiger partial charge in [-0.3, -0.25) is 4.79 Å². The standard InChI is InChI=1S/C23H24ClN5O5S/c1-35(32,33)19-7-14(6-18(24)9-19)13-34-23(31)29-10-16-4-5-28(11-17(16)12-29)22(30)15-2-3-20-21(8-15)26-27-25-20/h2-3,6-9,16-17H,4-5,10-13H2,1H3,(H,25,26,27). The van der Waals surface area contributed by atoms with Crippen LogP contribution in [-0.2, 0) is 21.2 Å². The van der Waals surface area contributed by atoms with Crippen LogP contribution >= 0.6 is 11.6 Å². The smallest absolute Gasteiger partial charge is 0.410 e. The number of sulfone groups is 1. The van der Waals surface area contributed by atoms with Gasteiger partial charge in [0.1, 0.15) is 17.6 Å². The summed E-state index contributed by atoms with van der Waals surface area (Å²) < 4.78 is 29.1. The summed E-state index contributed by atoms with van der Waals surface area (Å²) in [5, 5.41) is 10.9. The lowest BCUT2D eigenvalue weighted by molar-refractivity contribution is 0.0642. The molecule has 0 radical (unpaired) electrons. The highest BCUT2D eigenvalue weighted by atomic mass is 35.5. The fourth-order valence-corrected chi connectivity index (χ4v) is 5.84. The third-order valence-corrected chi connectivity index (χ3v) is 7.94. The first kappa shape index (κ1) is 23.6. The van der Waals surface area contributed by atoms with E-state index in [1.807, 2.05) is 4.90 Å². The Morgan fingerprint density at radius 1 is 1.06 bits per heavy atom. The van der Waals surface area contributed by atoms with Gasteiger partial charge in [0.05, 0.1) is 4.90 Å². The van der Waals surface area contributed by atoms with Gasteiger partial charge >= 0.3 is 6.09 Å². The molecule has 184 valence electrons. The number of likely N-dealkylation sites (tertiary alicyclic amines) is 2. The van der Waals surface area contributed by atoms with Crippen LogP contribution in [0.15, 0.2) is 41.3 Å². The lowest BCUT2D eigenvalue weighted by Gasteiger charge is -2.34. The monoisotopic (exact) mass is 517 g/mol. The molecule has 0 aliphatic carbocycles. The van der Waals surface area contributed by atoms with Crippen molar-refractivity contribution in [2.75, 3.05) is 32.4 Å². The number of amides is 2. The number of benzene rings is 2. The number of hydrogen-bond acceptors (Lipinski definition) is 7. The van der Waals surface area contributed by atoms with Crippen LogP contribution in [-0.4, -0.2) is 78.1 Å². The Bertz CT molecular complexity index is 1410. The van der Waals surface area contributed by atoms with Crippen molar-refractivity contribution in [3.8, 4) is 0 Å². The van der Waals surface area contributed by atoms with Crippen LogP contribution in [0.5, 0.6) is 0 Å². The molecule has 2 amide bonds. The minimum atomic E-state index is -3.43. The summed E-state index contributed by atoms with van der Waals surface area (Å²) in [7, 11) is -3.43. The van der Waals surface area contributed by atoms with E-state index in [4.69, 9.17) is 16.3 Å². The lowest BCUT2D eigenvalue weighted by Crippen LogP contribution is -2.43. The quantitative estimate of drug-likeness (QED) is 0.564. The Labute approximate surface area is 207 Å². The summed E-state index contributed by atoms with van der Waals surface area (Å²) in [6, 6.07) is 9.65. The Morgan fingerprint density at radius 3 is 2.60 bits per heavy atom. The maximum atomic E-state index is 13.1. The predicted molar refractivity (Wildman–Crippen MR) is 128 cm³/mol. The number of piperidine rings is 1. The van der Waals surface area contributed by atoms with Gasteiger partial charge in [-0.1, -0.05) is 11.6 Å². The number of halogens is 1. The average Bonchev–Trinajstić information content (AvgIpc) is 3.47. The van der Waals surface area contributed by atoms with Crippen LogP contribution in [0.3, 0.4) is 0 Å². The molecule has 1 aromatic heterocycles. The number of hydrogen-bond donors (Lipinski definition) is 1. The van der Waals surface area contributed by atoms with Gasteiger partial charge in [0, 0.05) is 43.0 Å². The third-order valence-electron chi connectivity index (χ3n) is 6.63. The molecular weight excluding hydrogens is 494 g/mol. The zero-order valence-corrected chi connectivity index (χ0v) is 20.6. The molecule has 0 bridgehead atoms. The van der Waals surface area contributed by atoms with Crippen LogP contribution in [0, 0.1) is 11.8 Å². The highest BCUT2D eigenvalue weighted by Crippen LogP contribution is 2.32. The molecule has 12 heteroatoms. The van der Waals surface area contributed by atoms with E-state index in [0.717, 1.165) is 12.7 Å². The highest BCUT2D eigenvalue weighted by molar-refractivity contribution is 7.90. The maximum Gasteiger partial charge on any atom is 0.410 e. The Hall–Kier alpha value is -3.18. The predicted octanol–water partition coefficient (Wildman–Crippen LogP) is 2.75. The number of rotatable bonds is 4. The van der Waals surface area contributed by atoms with Crippen molar-refractivity contribution in [1.29, 1.82) is 0 Å². The van der Waals surface area contributed by atoms with Crippen LogP contribution in [0.1, 0.15) is 22.3 Å². The molecular formula is C23H24ClN5O5S. The number of H-pyrrole nitrogens is 1. The minimum Gasteiger partial charge on any atom is -0.445 e. The van der Waals surface area contributed by atoms with Crippen LogP contribution in [0.4, 0.5) is 4.79 Å². The van der Waals surface area contributed by atoms with Gasteiger partial charge in [-0.2, -0.15) is 15.4 Å². The van der Waals surface area contributed by atoms with Crippen molar-refractivity contribution >= 4 is 44.5 Å². The number of ether oxygens (including phenoxy) is 1. The number of aromatic nitrogens is 3. The van der Waals surface area contributed by atoms with E-state index in [0.29, 0.717) is 54.3 Å². The molecule has 5 rings (SSSR count). The summed E-state index contributed by atoms with van der Waals surface area (Å²) in [6.07, 6.45) is 1.44. The van der Waals surface area contributed by atoms with Crippen LogP contribution in [0.25, 0.3) is 11.0 Å². The fraction of sp³-hybridized carbons (Fsp3) is 0.391. The maximum absolute atomic E-state index is 13.1. The number of fused-ring (bicyclic) bond motifs is 2. The second-order valence-corrected chi connectivity index (χ2v) is 11.6. The zero-order chi connectivity index (χ0) is 24.7. The van der Waals surface area contributed by atoms with E-state index in [1.54, 1.807) is 29.2 Å². The second kappa shape index (κ2) is 9.12. The Balaban J connectivity index is 1.19. The zero-order valence-electron chi connectivity index (χ0n) is 19.0. The van der Waals surface area contributed by atoms with E-state index >= 15 is 0 Å². The molecule has 2 saturated heterocycles. The van der Waals surface area contributed by atoms with E-state index in [9.17, 15) is 18.0 Å². The Morgan fingerprint density at radius 2 is 1.80 bits per heavy atom. The van der Waals surface area contributed by atoms with Crippen molar-refractivity contribution < 1.29 is 22.7 Å². The topological polar surface area (TPSA) is 126 Å². The third kappa shape index (κ3) is 4.96. The molecule has 2 aliphatic rings. The summed E-state index contributed by atoms with van der Waals surface area (Å²) in [5.74, 6) is 0.406. The first-order valence-corrected chi connectivity index (χ1v) is 13.5. The van der Waals surface area contributed by atoms with Gasteiger partial charge in [-0.05, 0) is 60.2 Å². The average molecular weight is 518 g/mol. The number of carbonyl (C=O) groups is 2. The normalized spacial score (nSPS) is 20.2. The van der Waals surface area contributed by atoms with Crippen LogP contribution in [0.2, 0.25) is 5.02 Å². The molecule has 1 N–H and O–H groups in total. The summed E-state index contributed by atoms with van der Waals surface area (Å²) in [4.78, 5) is 29.4. The molecule has 2 unspecified atom stereocenters. The first-order chi connectivity index (χ1) is 16.7. The van der Waals surface area contributed by atoms with E-state index < -0.39 is 15.9 Å². The fourth-order valence-electron chi connectivity index (χ4n) is 4.81. The molecule has 2 fully saturated rings. The van der Waals surface area contributed by atoms with Crippen molar-refractivity contribution in [1.82, 2.24) is 25.2 Å². The van der Waals surface area contributed by atoms with Gasteiger partial charge in [-0.25, -0.2) is 13.2 Å². The second-order valence-electron chi connectivity index (χ2n) is 9.11. The van der Waals surface area contributed by atoms with Gasteiger partial charge in [0.2, 0.25) is 0 Å². The molecule has 0 saturated carbocycles. The number of aromatic amines is 1. The SMILES string of the molecule is CS(=O)(=O)c1cc(Cl)cc(COC(=O)N2CC3CCN(C(=O)c4ccc5n[nH]nc5c4)CC3C2)c1. The van der Waals surface area contributed by atoms with Crippen molar-refractivity contribution in [3.63, 3.8) is 0 Å². The van der Waals surface area contributed by atoms with Gasteiger partial charge in [-0.15, -0.1) is 0 Å². The summed E-state index contributed by atoms with van der Waals surface area (Å²) >= 11 is 6.03. The Kier molecular flexibility index (Phi) is 6.14. The summed E-state index contributed by atoms with van der Waals surface area (Å²) in [6.45, 7) is 2.18. The van der Waals surface area contributed by atoms with E-state index in [-0.39, 0.29) is 28.4 Å². The van der Waals surface area contributed by atoms with Gasteiger partial charge < -0.3 is 14.5 Å². The largest absolute Gasteiger partial charge is 0.445 e. The molecule has 10 nitrogen and oxygen atoms in total. The first-order valence-electron chi connectivity index (χ1n) is 11.2. The molecule has 0 spiro atoms. The summed E-state index contributed by atoms with van der Waals surface area (Å²) in [5.41, 5.74) is 2.41. The van der Waals surface area contributed by atoms with E-state index in [2.05, 4.69) is 15.4 Å². The van der Waals surface area contributed by atoms with Gasteiger partial charge in [0.25, 0.3) is 5.91 Å². The van der Waals surface area contributed by atoms with Crippen molar-refractivity contribution in [2.45, 2.75) is 17.9 Å². The molecule has 3 aromatic rings. The molecule has 3 heterocycles. The number of nitrogens with one attached hydrogen (secondary N) is 1. The van der Waals surface area contributed by atoms with Crippen molar-refractivity contribution in [2.24, 2.45) is 11.8 Å². The van der Waals surface area contributed by atoms with E-state index in [1.165, 1.54) is 12.1 Å². The number of nitrogens with zero attached hydrogens (tertiary/aromatic N) is 4. The molecule has 2 aromatic carbocycles. The van der Waals surface area contributed by atoms with Crippen LogP contribution < -0.4 is 0 Å². The lowest BCUT2D eigenvalue weighted by atomic mass is 9.88. The van der Waals surface area contributed by atoms with Gasteiger partial charge in [0.15, 0.2) is 9.84 Å².